The molecule has 0 spiro atoms. The first-order valence-corrected chi connectivity index (χ1v) is 17.1. The number of amides is 2. The number of aromatic nitrogens is 1. The number of likely N-dealkylation sites (N-methyl/N-ethyl adjacent to an activating group) is 1. The van der Waals surface area contributed by atoms with E-state index in [-0.39, 0.29) is 5.91 Å². The first kappa shape index (κ1) is 36.3. The molecule has 2 amide bonds. The molecule has 1 heterocycles. The third kappa shape index (κ3) is 8.60. The number of fused-ring (bicyclic) bond motifs is 2. The third-order valence-electron chi connectivity index (χ3n) is 7.93. The summed E-state index contributed by atoms with van der Waals surface area (Å²) in [5, 5.41) is 10.8. The summed E-state index contributed by atoms with van der Waals surface area (Å²) in [7, 11) is 7.00. The topological polar surface area (TPSA) is 117 Å². The van der Waals surface area contributed by atoms with E-state index >= 15 is 0 Å². The van der Waals surface area contributed by atoms with Gasteiger partial charge in [-0.05, 0) is 68.7 Å². The highest BCUT2D eigenvalue weighted by molar-refractivity contribution is 6.19. The fraction of sp³-hybridized carbons (Fsp3) is 0.270. The molecule has 13 heteroatoms. The number of anilines is 4. The molecule has 0 saturated carbocycles. The lowest BCUT2D eigenvalue weighted by atomic mass is 10.0. The number of hydrogen-bond acceptors (Lipinski definition) is 9. The summed E-state index contributed by atoms with van der Waals surface area (Å²) in [6, 6.07) is 23.6. The van der Waals surface area contributed by atoms with Crippen molar-refractivity contribution in [1.82, 2.24) is 15.2 Å². The average Bonchev–Trinajstić information content (AvgIpc) is 3.11. The molecule has 262 valence electrons. The number of methoxy groups -OCH3 is 2. The summed E-state index contributed by atoms with van der Waals surface area (Å²) in [6.45, 7) is 2.47. The first-order chi connectivity index (χ1) is 24.3. The number of pyridine rings is 1. The van der Waals surface area contributed by atoms with Gasteiger partial charge in [-0.25, -0.2) is 9.78 Å². The van der Waals surface area contributed by atoms with E-state index in [2.05, 4.69) is 20.9 Å². The molecule has 4 aromatic carbocycles. The van der Waals surface area contributed by atoms with Crippen molar-refractivity contribution in [1.29, 1.82) is 0 Å². The summed E-state index contributed by atoms with van der Waals surface area (Å²) < 4.78 is 16.8. The fourth-order valence-corrected chi connectivity index (χ4v) is 5.91. The van der Waals surface area contributed by atoms with Gasteiger partial charge < -0.3 is 34.6 Å². The van der Waals surface area contributed by atoms with Crippen molar-refractivity contribution in [2.75, 3.05) is 81.8 Å². The number of alkyl halides is 2. The molecule has 0 unspecified atom stereocenters. The largest absolute Gasteiger partial charge is 0.495 e. The summed E-state index contributed by atoms with van der Waals surface area (Å²) in [4.78, 5) is 35.4. The lowest BCUT2D eigenvalue weighted by Gasteiger charge is -2.22. The van der Waals surface area contributed by atoms with Crippen LogP contribution in [-0.4, -0.2) is 88.1 Å². The quantitative estimate of drug-likeness (QED) is 0.0755. The minimum Gasteiger partial charge on any atom is -0.495 e. The maximum Gasteiger partial charge on any atom is 0.417 e. The predicted molar refractivity (Wildman–Crippen MR) is 203 cm³/mol. The van der Waals surface area contributed by atoms with E-state index in [0.29, 0.717) is 88.8 Å². The van der Waals surface area contributed by atoms with Gasteiger partial charge >= 0.3 is 6.09 Å². The standard InChI is InChI=1S/C37H40Cl2N6O5/c1-44(2)22-19-40-36(46)29-9-5-7-27-33(28-8-6-10-32(49-4)35(28)43-34(27)29)41-24-11-16-31(48-3)30(23-24)42-37(47)50-26-14-12-25(13-15-26)45(20-17-38)21-18-39/h5-16,23H,17-22H2,1-4H3,(H,40,46)(H,41,43)(H,42,47). The molecule has 0 aliphatic carbocycles. The second-order valence-electron chi connectivity index (χ2n) is 11.5. The van der Waals surface area contributed by atoms with Crippen LogP contribution in [-0.2, 0) is 0 Å². The van der Waals surface area contributed by atoms with E-state index in [1.165, 1.54) is 7.11 Å². The van der Waals surface area contributed by atoms with Gasteiger partial charge in [0.2, 0.25) is 0 Å². The Balaban J connectivity index is 1.45. The van der Waals surface area contributed by atoms with Gasteiger partial charge in [-0.2, -0.15) is 0 Å². The maximum absolute atomic E-state index is 13.3. The molecular weight excluding hydrogens is 679 g/mol. The van der Waals surface area contributed by atoms with Gasteiger partial charge in [-0.15, -0.1) is 23.2 Å². The second-order valence-corrected chi connectivity index (χ2v) is 12.3. The molecule has 5 rings (SSSR count). The van der Waals surface area contributed by atoms with E-state index < -0.39 is 6.09 Å². The van der Waals surface area contributed by atoms with Crippen LogP contribution in [0.25, 0.3) is 21.8 Å². The zero-order chi connectivity index (χ0) is 35.6. The Morgan fingerprint density at radius 1 is 0.800 bits per heavy atom. The van der Waals surface area contributed by atoms with Crippen LogP contribution in [0.15, 0.2) is 78.9 Å². The minimum absolute atomic E-state index is 0.225. The molecule has 1 aromatic heterocycles. The van der Waals surface area contributed by atoms with Crippen molar-refractivity contribution in [3.63, 3.8) is 0 Å². The summed E-state index contributed by atoms with van der Waals surface area (Å²) in [5.41, 5.74) is 4.21. The molecule has 0 aliphatic rings. The Morgan fingerprint density at radius 2 is 1.48 bits per heavy atom. The van der Waals surface area contributed by atoms with Gasteiger partial charge in [0.05, 0.1) is 36.7 Å². The van der Waals surface area contributed by atoms with Crippen LogP contribution < -0.4 is 35.1 Å². The zero-order valence-electron chi connectivity index (χ0n) is 28.4. The van der Waals surface area contributed by atoms with E-state index in [0.717, 1.165) is 16.5 Å². The molecule has 0 fully saturated rings. The van der Waals surface area contributed by atoms with Gasteiger partial charge in [0.25, 0.3) is 5.91 Å². The molecule has 5 aromatic rings. The summed E-state index contributed by atoms with van der Waals surface area (Å²) in [6.07, 6.45) is -0.693. The number of nitrogens with one attached hydrogen (secondary N) is 3. The lowest BCUT2D eigenvalue weighted by Crippen LogP contribution is -2.31. The number of para-hydroxylation sites is 2. The number of hydrogen-bond donors (Lipinski definition) is 3. The number of halogens is 2. The molecule has 0 radical (unpaired) electrons. The fourth-order valence-electron chi connectivity index (χ4n) is 5.50. The van der Waals surface area contributed by atoms with Crippen LogP contribution in [0.1, 0.15) is 10.4 Å². The van der Waals surface area contributed by atoms with Gasteiger partial charge in [0, 0.05) is 60.1 Å². The number of benzene rings is 4. The van der Waals surface area contributed by atoms with Crippen LogP contribution >= 0.6 is 23.2 Å². The zero-order valence-corrected chi connectivity index (χ0v) is 29.9. The number of rotatable bonds is 15. The van der Waals surface area contributed by atoms with Gasteiger partial charge in [-0.1, -0.05) is 24.3 Å². The Labute approximate surface area is 301 Å². The van der Waals surface area contributed by atoms with Gasteiger partial charge in [-0.3, -0.25) is 10.1 Å². The molecule has 0 aliphatic heterocycles. The van der Waals surface area contributed by atoms with Gasteiger partial charge in [0.1, 0.15) is 22.8 Å². The van der Waals surface area contributed by atoms with Crippen LogP contribution in [0.5, 0.6) is 17.2 Å². The van der Waals surface area contributed by atoms with Crippen molar-refractivity contribution in [2.24, 2.45) is 0 Å². The number of ether oxygens (including phenoxy) is 3. The van der Waals surface area contributed by atoms with Crippen LogP contribution in [0.3, 0.4) is 0 Å². The number of carbonyl (C=O) groups excluding carboxylic acids is 2. The van der Waals surface area contributed by atoms with Gasteiger partial charge in [0.15, 0.2) is 0 Å². The Kier molecular flexibility index (Phi) is 12.4. The monoisotopic (exact) mass is 718 g/mol. The summed E-state index contributed by atoms with van der Waals surface area (Å²) in [5.74, 6) is 2.06. The predicted octanol–water partition coefficient (Wildman–Crippen LogP) is 7.34. The molecule has 11 nitrogen and oxygen atoms in total. The average molecular weight is 720 g/mol. The Hall–Kier alpha value is -4.97. The third-order valence-corrected chi connectivity index (χ3v) is 8.27. The highest BCUT2D eigenvalue weighted by atomic mass is 35.5. The molecule has 0 bridgehead atoms. The van der Waals surface area contributed by atoms with Crippen molar-refractivity contribution < 1.29 is 23.8 Å². The second kappa shape index (κ2) is 17.1. The van der Waals surface area contributed by atoms with Crippen LogP contribution in [0.2, 0.25) is 0 Å². The highest BCUT2D eigenvalue weighted by Crippen LogP contribution is 2.39. The SMILES string of the molecule is COc1ccc(Nc2c3cccc(OC)c3nc3c(C(=O)NCCN(C)C)cccc23)cc1NC(=O)Oc1ccc(N(CCCl)CCCl)cc1. The van der Waals surface area contributed by atoms with E-state index in [4.69, 9.17) is 42.4 Å². The summed E-state index contributed by atoms with van der Waals surface area (Å²) >= 11 is 11.9. The molecule has 0 saturated heterocycles. The number of nitrogens with zero attached hydrogens (tertiary/aromatic N) is 3. The van der Waals surface area contributed by atoms with E-state index in [9.17, 15) is 9.59 Å². The molecule has 3 N–H and O–H groups in total. The lowest BCUT2D eigenvalue weighted by molar-refractivity contribution is 0.0952. The normalized spacial score (nSPS) is 11.0. The van der Waals surface area contributed by atoms with Crippen molar-refractivity contribution in [3.05, 3.63) is 84.4 Å². The van der Waals surface area contributed by atoms with Crippen molar-refractivity contribution >= 4 is 79.8 Å². The van der Waals surface area contributed by atoms with Crippen molar-refractivity contribution in [3.8, 4) is 17.2 Å². The molecule has 0 atom stereocenters. The molecule has 50 heavy (non-hydrogen) atoms. The maximum atomic E-state index is 13.3. The van der Waals surface area contributed by atoms with E-state index in [1.54, 1.807) is 37.4 Å². The van der Waals surface area contributed by atoms with Crippen LogP contribution in [0.4, 0.5) is 27.5 Å². The van der Waals surface area contributed by atoms with Crippen molar-refractivity contribution in [2.45, 2.75) is 0 Å². The van der Waals surface area contributed by atoms with Crippen LogP contribution in [0, 0.1) is 0 Å². The Morgan fingerprint density at radius 3 is 2.14 bits per heavy atom. The first-order valence-electron chi connectivity index (χ1n) is 16.0. The minimum atomic E-state index is -0.693. The Bertz CT molecular complexity index is 1950. The molecular formula is C37H40Cl2N6O5. The highest BCUT2D eigenvalue weighted by Gasteiger charge is 2.19. The smallest absolute Gasteiger partial charge is 0.417 e. The number of carbonyl (C=O) groups is 2. The van der Waals surface area contributed by atoms with E-state index in [1.807, 2.05) is 67.5 Å².